The van der Waals surface area contributed by atoms with Crippen LogP contribution in [0, 0.1) is 6.92 Å². The fraction of sp³-hybridized carbons (Fsp3) is 0.176. The van der Waals surface area contributed by atoms with Gasteiger partial charge in [0.25, 0.3) is 0 Å². The molecule has 0 atom stereocenters. The van der Waals surface area contributed by atoms with Crippen LogP contribution in [0.15, 0.2) is 48.5 Å². The maximum atomic E-state index is 12.2. The topological polar surface area (TPSA) is 43.4 Å². The fourth-order valence-corrected chi connectivity index (χ4v) is 2.01. The minimum Gasteiger partial charge on any atom is -0.469 e. The van der Waals surface area contributed by atoms with E-state index >= 15 is 0 Å². The van der Waals surface area contributed by atoms with Gasteiger partial charge in [0, 0.05) is 5.56 Å². The first kappa shape index (κ1) is 14.0. The average molecular weight is 268 g/mol. The van der Waals surface area contributed by atoms with Crippen molar-refractivity contribution in [3.05, 3.63) is 59.7 Å². The summed E-state index contributed by atoms with van der Waals surface area (Å²) in [5.41, 5.74) is 3.50. The normalized spacial score (nSPS) is 10.1. The van der Waals surface area contributed by atoms with Crippen molar-refractivity contribution in [3.63, 3.8) is 0 Å². The lowest BCUT2D eigenvalue weighted by Gasteiger charge is -2.08. The molecule has 2 rings (SSSR count). The van der Waals surface area contributed by atoms with Gasteiger partial charge in [-0.1, -0.05) is 54.1 Å². The van der Waals surface area contributed by atoms with Crippen molar-refractivity contribution in [3.8, 4) is 11.1 Å². The molecule has 0 saturated heterocycles. The lowest BCUT2D eigenvalue weighted by molar-refractivity contribution is -0.139. The maximum Gasteiger partial charge on any atom is 0.313 e. The van der Waals surface area contributed by atoms with Crippen molar-refractivity contribution in [1.29, 1.82) is 0 Å². The lowest BCUT2D eigenvalue weighted by Crippen LogP contribution is -2.10. The number of methoxy groups -OCH3 is 1. The molecule has 3 nitrogen and oxygen atoms in total. The van der Waals surface area contributed by atoms with Crippen molar-refractivity contribution in [2.45, 2.75) is 13.3 Å². The number of Topliss-reactive ketones (excluding diaryl/α,β-unsaturated/α-hetero) is 1. The highest BCUT2D eigenvalue weighted by Crippen LogP contribution is 2.25. The molecular formula is C17H16O3. The molecule has 2 aromatic carbocycles. The zero-order chi connectivity index (χ0) is 14.5. The molecule has 0 fully saturated rings. The zero-order valence-corrected chi connectivity index (χ0v) is 11.6. The number of carbonyl (C=O) groups is 2. The van der Waals surface area contributed by atoms with E-state index in [4.69, 9.17) is 0 Å². The molecule has 0 unspecified atom stereocenters. The number of benzene rings is 2. The van der Waals surface area contributed by atoms with E-state index in [-0.39, 0.29) is 12.2 Å². The predicted molar refractivity (Wildman–Crippen MR) is 77.6 cm³/mol. The smallest absolute Gasteiger partial charge is 0.313 e. The summed E-state index contributed by atoms with van der Waals surface area (Å²) in [4.78, 5) is 23.4. The molecular weight excluding hydrogens is 252 g/mol. The zero-order valence-electron chi connectivity index (χ0n) is 11.6. The van der Waals surface area contributed by atoms with Crippen LogP contribution in [0.3, 0.4) is 0 Å². The molecule has 0 N–H and O–H groups in total. The SMILES string of the molecule is COC(=O)CC(=O)c1ccccc1-c1ccc(C)cc1. The third-order valence-corrected chi connectivity index (χ3v) is 3.12. The van der Waals surface area contributed by atoms with Gasteiger partial charge in [-0.2, -0.15) is 0 Å². The van der Waals surface area contributed by atoms with Crippen molar-refractivity contribution >= 4 is 11.8 Å². The first-order chi connectivity index (χ1) is 9.61. The summed E-state index contributed by atoms with van der Waals surface area (Å²) in [5, 5.41) is 0. The fourth-order valence-electron chi connectivity index (χ4n) is 2.01. The Morgan fingerprint density at radius 1 is 1.00 bits per heavy atom. The standard InChI is InChI=1S/C17H16O3/c1-12-7-9-13(10-8-12)14-5-3-4-6-15(14)16(18)11-17(19)20-2/h3-10H,11H2,1-2H3. The van der Waals surface area contributed by atoms with Crippen molar-refractivity contribution in [1.82, 2.24) is 0 Å². The molecule has 0 aromatic heterocycles. The first-order valence-corrected chi connectivity index (χ1v) is 6.38. The van der Waals surface area contributed by atoms with Gasteiger partial charge in [-0.15, -0.1) is 0 Å². The Balaban J connectivity index is 2.38. The van der Waals surface area contributed by atoms with Gasteiger partial charge in [-0.05, 0) is 18.1 Å². The monoisotopic (exact) mass is 268 g/mol. The van der Waals surface area contributed by atoms with Crippen LogP contribution in [0.1, 0.15) is 22.3 Å². The van der Waals surface area contributed by atoms with E-state index in [9.17, 15) is 9.59 Å². The Morgan fingerprint density at radius 3 is 2.30 bits per heavy atom. The summed E-state index contributed by atoms with van der Waals surface area (Å²) in [5.74, 6) is -0.748. The molecule has 0 aliphatic carbocycles. The lowest BCUT2D eigenvalue weighted by atomic mass is 9.95. The second kappa shape index (κ2) is 6.15. The van der Waals surface area contributed by atoms with Gasteiger partial charge in [0.05, 0.1) is 7.11 Å². The van der Waals surface area contributed by atoms with E-state index < -0.39 is 5.97 Å². The van der Waals surface area contributed by atoms with Crippen molar-refractivity contribution in [2.75, 3.05) is 7.11 Å². The third-order valence-electron chi connectivity index (χ3n) is 3.12. The van der Waals surface area contributed by atoms with E-state index in [0.29, 0.717) is 5.56 Å². The summed E-state index contributed by atoms with van der Waals surface area (Å²) < 4.78 is 4.54. The van der Waals surface area contributed by atoms with Crippen molar-refractivity contribution < 1.29 is 14.3 Å². The number of ketones is 1. The van der Waals surface area contributed by atoms with E-state index in [2.05, 4.69) is 4.74 Å². The molecule has 2 aromatic rings. The van der Waals surface area contributed by atoms with Gasteiger partial charge in [0.2, 0.25) is 0 Å². The maximum absolute atomic E-state index is 12.2. The van der Waals surface area contributed by atoms with Crippen LogP contribution in [-0.4, -0.2) is 18.9 Å². The molecule has 0 saturated carbocycles. The van der Waals surface area contributed by atoms with Gasteiger partial charge < -0.3 is 4.74 Å². The van der Waals surface area contributed by atoms with E-state index in [1.807, 2.05) is 43.3 Å². The summed E-state index contributed by atoms with van der Waals surface area (Å²) in [6.07, 6.45) is -0.237. The van der Waals surface area contributed by atoms with E-state index in [1.54, 1.807) is 12.1 Å². The Morgan fingerprint density at radius 2 is 1.65 bits per heavy atom. The molecule has 3 heteroatoms. The van der Waals surface area contributed by atoms with Crippen LogP contribution in [-0.2, 0) is 9.53 Å². The second-order valence-electron chi connectivity index (χ2n) is 4.59. The summed E-state index contributed by atoms with van der Waals surface area (Å²) >= 11 is 0. The number of hydrogen-bond acceptors (Lipinski definition) is 3. The van der Waals surface area contributed by atoms with Crippen LogP contribution in [0.4, 0.5) is 0 Å². The second-order valence-corrected chi connectivity index (χ2v) is 4.59. The Kier molecular flexibility index (Phi) is 4.31. The molecule has 0 bridgehead atoms. The Labute approximate surface area is 118 Å². The summed E-state index contributed by atoms with van der Waals surface area (Å²) in [6.45, 7) is 2.01. The first-order valence-electron chi connectivity index (χ1n) is 6.38. The van der Waals surface area contributed by atoms with Crippen LogP contribution >= 0.6 is 0 Å². The molecule has 20 heavy (non-hydrogen) atoms. The van der Waals surface area contributed by atoms with Gasteiger partial charge >= 0.3 is 5.97 Å². The molecule has 0 heterocycles. The minimum absolute atomic E-state index is 0.229. The number of carbonyl (C=O) groups excluding carboxylic acids is 2. The largest absolute Gasteiger partial charge is 0.469 e. The van der Waals surface area contributed by atoms with E-state index in [1.165, 1.54) is 7.11 Å². The Hall–Kier alpha value is -2.42. The molecule has 0 radical (unpaired) electrons. The van der Waals surface area contributed by atoms with Crippen LogP contribution in [0.5, 0.6) is 0 Å². The number of aryl methyl sites for hydroxylation is 1. The molecule has 0 spiro atoms. The van der Waals surface area contributed by atoms with E-state index in [0.717, 1.165) is 16.7 Å². The van der Waals surface area contributed by atoms with Crippen LogP contribution < -0.4 is 0 Å². The van der Waals surface area contributed by atoms with Crippen LogP contribution in [0.25, 0.3) is 11.1 Å². The highest BCUT2D eigenvalue weighted by molar-refractivity contribution is 6.09. The number of esters is 1. The Bertz CT molecular complexity index is 627. The summed E-state index contributed by atoms with van der Waals surface area (Å²) in [7, 11) is 1.28. The average Bonchev–Trinajstić information content (AvgIpc) is 2.48. The molecule has 0 aliphatic rings. The number of ether oxygens (including phenoxy) is 1. The van der Waals surface area contributed by atoms with Crippen LogP contribution in [0.2, 0.25) is 0 Å². The minimum atomic E-state index is -0.520. The molecule has 0 amide bonds. The number of rotatable bonds is 4. The molecule has 0 aliphatic heterocycles. The van der Waals surface area contributed by atoms with Gasteiger partial charge in [-0.3, -0.25) is 9.59 Å². The van der Waals surface area contributed by atoms with Gasteiger partial charge in [0.1, 0.15) is 6.42 Å². The van der Waals surface area contributed by atoms with Gasteiger partial charge in [0.15, 0.2) is 5.78 Å². The third kappa shape index (κ3) is 3.12. The summed E-state index contributed by atoms with van der Waals surface area (Å²) in [6, 6.07) is 15.2. The molecule has 102 valence electrons. The number of hydrogen-bond donors (Lipinski definition) is 0. The predicted octanol–water partition coefficient (Wildman–Crippen LogP) is 3.41. The van der Waals surface area contributed by atoms with Crippen molar-refractivity contribution in [2.24, 2.45) is 0 Å². The quantitative estimate of drug-likeness (QED) is 0.485. The highest BCUT2D eigenvalue weighted by atomic mass is 16.5. The van der Waals surface area contributed by atoms with Gasteiger partial charge in [-0.25, -0.2) is 0 Å². The highest BCUT2D eigenvalue weighted by Gasteiger charge is 2.16.